The van der Waals surface area contributed by atoms with Crippen LogP contribution in [-0.4, -0.2) is 27.6 Å². The van der Waals surface area contributed by atoms with Gasteiger partial charge in [0.25, 0.3) is 0 Å². The second-order valence-corrected chi connectivity index (χ2v) is 4.89. The lowest BCUT2D eigenvalue weighted by Crippen LogP contribution is -2.33. The Morgan fingerprint density at radius 3 is 3.00 bits per heavy atom. The summed E-state index contributed by atoms with van der Waals surface area (Å²) in [6.45, 7) is 2.84. The van der Waals surface area contributed by atoms with Gasteiger partial charge in [-0.1, -0.05) is 24.3 Å². The van der Waals surface area contributed by atoms with Crippen LogP contribution in [0.4, 0.5) is 16.3 Å². The second-order valence-electron chi connectivity index (χ2n) is 4.89. The Labute approximate surface area is 117 Å². The topological polar surface area (TPSA) is 63.1 Å². The molecule has 1 aliphatic rings. The Kier molecular flexibility index (Phi) is 3.14. The molecule has 0 spiro atoms. The van der Waals surface area contributed by atoms with E-state index in [9.17, 15) is 4.79 Å². The molecule has 1 aromatic carbocycles. The van der Waals surface area contributed by atoms with Crippen molar-refractivity contribution in [1.82, 2.24) is 15.0 Å². The first-order valence-electron chi connectivity index (χ1n) is 6.74. The average molecular weight is 271 g/mol. The third-order valence-corrected chi connectivity index (χ3v) is 3.64. The van der Waals surface area contributed by atoms with Gasteiger partial charge in [0.05, 0.1) is 6.20 Å². The van der Waals surface area contributed by atoms with Gasteiger partial charge in [-0.25, -0.2) is 9.48 Å². The van der Waals surface area contributed by atoms with E-state index in [1.54, 1.807) is 11.9 Å². The van der Waals surface area contributed by atoms with E-state index < -0.39 is 0 Å². The number of hydrogen-bond acceptors (Lipinski definition) is 3. The van der Waals surface area contributed by atoms with Crippen molar-refractivity contribution in [3.63, 3.8) is 0 Å². The highest BCUT2D eigenvalue weighted by atomic mass is 16.2. The third-order valence-electron chi connectivity index (χ3n) is 3.64. The van der Waals surface area contributed by atoms with Crippen molar-refractivity contribution < 1.29 is 4.79 Å². The number of carbonyl (C=O) groups excluding carboxylic acids is 1. The molecule has 104 valence electrons. The minimum absolute atomic E-state index is 0.140. The Bertz CT molecular complexity index is 649. The standard InChI is InChI=1S/C14H17N5O/c1-3-10-4-5-12-11(8-10)6-7-19(12)14(20)16-13-9-15-17-18(13)2/h4-5,8-9H,3,6-7H2,1-2H3,(H,16,20). The predicted molar refractivity (Wildman–Crippen MR) is 76.9 cm³/mol. The van der Waals surface area contributed by atoms with Crippen molar-refractivity contribution >= 4 is 17.5 Å². The number of fused-ring (bicyclic) bond motifs is 1. The molecule has 6 nitrogen and oxygen atoms in total. The number of nitrogens with zero attached hydrogens (tertiary/aromatic N) is 4. The molecular formula is C14H17N5O. The van der Waals surface area contributed by atoms with E-state index in [1.165, 1.54) is 22.0 Å². The second kappa shape index (κ2) is 4.96. The van der Waals surface area contributed by atoms with Gasteiger partial charge in [0, 0.05) is 19.3 Å². The first-order chi connectivity index (χ1) is 9.69. The van der Waals surface area contributed by atoms with Gasteiger partial charge < -0.3 is 0 Å². The molecule has 1 N–H and O–H groups in total. The number of benzene rings is 1. The predicted octanol–water partition coefficient (Wildman–Crippen LogP) is 1.97. The first-order valence-corrected chi connectivity index (χ1v) is 6.74. The van der Waals surface area contributed by atoms with Gasteiger partial charge in [0.1, 0.15) is 0 Å². The number of amides is 2. The number of aromatic nitrogens is 3. The maximum atomic E-state index is 12.3. The number of hydrogen-bond donors (Lipinski definition) is 1. The summed E-state index contributed by atoms with van der Waals surface area (Å²) >= 11 is 0. The van der Waals surface area contributed by atoms with Crippen molar-refractivity contribution in [2.75, 3.05) is 16.8 Å². The zero-order valence-electron chi connectivity index (χ0n) is 11.6. The Hall–Kier alpha value is -2.37. The van der Waals surface area contributed by atoms with E-state index >= 15 is 0 Å². The van der Waals surface area contributed by atoms with Crippen LogP contribution >= 0.6 is 0 Å². The summed E-state index contributed by atoms with van der Waals surface area (Å²) in [6, 6.07) is 6.16. The maximum absolute atomic E-state index is 12.3. The molecule has 6 heteroatoms. The van der Waals surface area contributed by atoms with Gasteiger partial charge in [-0.3, -0.25) is 10.2 Å². The Morgan fingerprint density at radius 2 is 2.30 bits per heavy atom. The van der Waals surface area contributed by atoms with Crippen molar-refractivity contribution in [2.45, 2.75) is 19.8 Å². The lowest BCUT2D eigenvalue weighted by atomic mass is 10.1. The van der Waals surface area contributed by atoms with Gasteiger partial charge in [0.2, 0.25) is 0 Å². The van der Waals surface area contributed by atoms with E-state index in [4.69, 9.17) is 0 Å². The van der Waals surface area contributed by atoms with Crippen molar-refractivity contribution in [3.05, 3.63) is 35.5 Å². The summed E-state index contributed by atoms with van der Waals surface area (Å²) in [7, 11) is 1.74. The molecule has 1 aromatic heterocycles. The summed E-state index contributed by atoms with van der Waals surface area (Å²) in [5, 5.41) is 10.4. The zero-order valence-corrected chi connectivity index (χ0v) is 11.6. The number of rotatable bonds is 2. The number of urea groups is 1. The number of carbonyl (C=O) groups is 1. The molecule has 0 saturated carbocycles. The highest BCUT2D eigenvalue weighted by Gasteiger charge is 2.25. The number of anilines is 2. The molecule has 0 atom stereocenters. The largest absolute Gasteiger partial charge is 0.327 e. The van der Waals surface area contributed by atoms with Crippen LogP contribution in [0.15, 0.2) is 24.4 Å². The molecule has 2 aromatic rings. The van der Waals surface area contributed by atoms with Crippen LogP contribution < -0.4 is 10.2 Å². The third kappa shape index (κ3) is 2.13. The van der Waals surface area contributed by atoms with Crippen molar-refractivity contribution in [3.8, 4) is 0 Å². The molecule has 0 aliphatic carbocycles. The summed E-state index contributed by atoms with van der Waals surface area (Å²) in [4.78, 5) is 14.1. The molecule has 0 fully saturated rings. The van der Waals surface area contributed by atoms with E-state index in [-0.39, 0.29) is 6.03 Å². The van der Waals surface area contributed by atoms with Crippen LogP contribution in [-0.2, 0) is 19.9 Å². The molecule has 0 saturated heterocycles. The normalized spacial score (nSPS) is 13.4. The van der Waals surface area contributed by atoms with Crippen LogP contribution in [0.5, 0.6) is 0 Å². The maximum Gasteiger partial charge on any atom is 0.327 e. The monoisotopic (exact) mass is 271 g/mol. The first kappa shape index (κ1) is 12.7. The minimum atomic E-state index is -0.140. The van der Waals surface area contributed by atoms with E-state index in [0.29, 0.717) is 12.4 Å². The highest BCUT2D eigenvalue weighted by Crippen LogP contribution is 2.29. The summed E-state index contributed by atoms with van der Waals surface area (Å²) in [5.74, 6) is 0.591. The van der Waals surface area contributed by atoms with Crippen LogP contribution in [0, 0.1) is 0 Å². The number of nitrogens with one attached hydrogen (secondary N) is 1. The average Bonchev–Trinajstić information content (AvgIpc) is 3.04. The quantitative estimate of drug-likeness (QED) is 0.908. The molecule has 3 rings (SSSR count). The summed E-state index contributed by atoms with van der Waals surface area (Å²) < 4.78 is 1.54. The lowest BCUT2D eigenvalue weighted by Gasteiger charge is -2.18. The van der Waals surface area contributed by atoms with Gasteiger partial charge >= 0.3 is 6.03 Å². The Balaban J connectivity index is 1.80. The molecule has 2 amide bonds. The lowest BCUT2D eigenvalue weighted by molar-refractivity contribution is 0.257. The van der Waals surface area contributed by atoms with Crippen molar-refractivity contribution in [2.24, 2.45) is 7.05 Å². The van der Waals surface area contributed by atoms with Crippen LogP contribution in [0.1, 0.15) is 18.1 Å². The fraction of sp³-hybridized carbons (Fsp3) is 0.357. The van der Waals surface area contributed by atoms with Gasteiger partial charge in [-0.15, -0.1) is 5.10 Å². The summed E-state index contributed by atoms with van der Waals surface area (Å²) in [5.41, 5.74) is 3.54. The highest BCUT2D eigenvalue weighted by molar-refractivity contribution is 6.02. The molecule has 0 radical (unpaired) electrons. The Morgan fingerprint density at radius 1 is 1.45 bits per heavy atom. The minimum Gasteiger partial charge on any atom is -0.294 e. The molecule has 20 heavy (non-hydrogen) atoms. The fourth-order valence-electron chi connectivity index (χ4n) is 2.47. The van der Waals surface area contributed by atoms with E-state index in [1.807, 2.05) is 6.07 Å². The van der Waals surface area contributed by atoms with Crippen LogP contribution in [0.2, 0.25) is 0 Å². The van der Waals surface area contributed by atoms with Gasteiger partial charge in [-0.2, -0.15) is 0 Å². The van der Waals surface area contributed by atoms with Crippen LogP contribution in [0.3, 0.4) is 0 Å². The molecule has 1 aliphatic heterocycles. The van der Waals surface area contributed by atoms with E-state index in [0.717, 1.165) is 18.5 Å². The zero-order chi connectivity index (χ0) is 14.1. The van der Waals surface area contributed by atoms with Gasteiger partial charge in [0.15, 0.2) is 5.82 Å². The fourth-order valence-corrected chi connectivity index (χ4v) is 2.47. The van der Waals surface area contributed by atoms with Crippen molar-refractivity contribution in [1.29, 1.82) is 0 Å². The summed E-state index contributed by atoms with van der Waals surface area (Å²) in [6.07, 6.45) is 3.45. The molecule has 0 bridgehead atoms. The smallest absolute Gasteiger partial charge is 0.294 e. The molecule has 2 heterocycles. The SMILES string of the molecule is CCc1ccc2c(c1)CCN2C(=O)Nc1cnnn1C. The van der Waals surface area contributed by atoms with Gasteiger partial charge in [-0.05, 0) is 30.0 Å². The molecule has 0 unspecified atom stereocenters. The molecular weight excluding hydrogens is 254 g/mol. The number of aryl methyl sites for hydroxylation is 2. The van der Waals surface area contributed by atoms with E-state index in [2.05, 4.69) is 34.7 Å². The van der Waals surface area contributed by atoms with Crippen LogP contribution in [0.25, 0.3) is 0 Å².